The topological polar surface area (TPSA) is 91.2 Å². The minimum atomic E-state index is 0.0104. The number of nitriles is 2. The number of benzene rings is 2. The molecule has 0 fully saturated rings. The van der Waals surface area contributed by atoms with Crippen molar-refractivity contribution in [3.63, 3.8) is 0 Å². The normalized spacial score (nSPS) is 10.6. The molecule has 4 rings (SSSR count). The molecule has 0 spiro atoms. The van der Waals surface area contributed by atoms with Crippen LogP contribution >= 0.6 is 0 Å². The van der Waals surface area contributed by atoms with E-state index in [2.05, 4.69) is 21.5 Å². The highest BCUT2D eigenvalue weighted by Gasteiger charge is 2.22. The molecular formula is C23H18N6. The second kappa shape index (κ2) is 7.92. The molecule has 0 aliphatic carbocycles. The van der Waals surface area contributed by atoms with E-state index in [1.54, 1.807) is 0 Å². The first-order valence-electron chi connectivity index (χ1n) is 9.50. The first-order chi connectivity index (χ1) is 14.3. The number of rotatable bonds is 5. The lowest BCUT2D eigenvalue weighted by atomic mass is 10.1. The Morgan fingerprint density at radius 1 is 0.828 bits per heavy atom. The molecule has 0 bridgehead atoms. The van der Waals surface area contributed by atoms with Crippen molar-refractivity contribution < 1.29 is 0 Å². The highest BCUT2D eigenvalue weighted by Crippen LogP contribution is 2.32. The van der Waals surface area contributed by atoms with Crippen LogP contribution in [0.4, 0.5) is 0 Å². The van der Waals surface area contributed by atoms with Crippen LogP contribution in [0, 0.1) is 22.7 Å². The minimum absolute atomic E-state index is 0.0104. The molecule has 2 heterocycles. The molecule has 0 saturated heterocycles. The maximum Gasteiger partial charge on any atom is 0.177 e. The van der Waals surface area contributed by atoms with Gasteiger partial charge in [0.05, 0.1) is 11.0 Å². The Morgan fingerprint density at radius 2 is 1.48 bits per heavy atom. The van der Waals surface area contributed by atoms with E-state index in [9.17, 15) is 10.5 Å². The highest BCUT2D eigenvalue weighted by atomic mass is 15.1. The Morgan fingerprint density at radius 3 is 2.17 bits per heavy atom. The van der Waals surface area contributed by atoms with Gasteiger partial charge in [-0.2, -0.15) is 10.5 Å². The van der Waals surface area contributed by atoms with Gasteiger partial charge < -0.3 is 4.57 Å². The van der Waals surface area contributed by atoms with Gasteiger partial charge >= 0.3 is 0 Å². The molecule has 0 amide bonds. The van der Waals surface area contributed by atoms with Gasteiger partial charge in [0, 0.05) is 12.1 Å². The van der Waals surface area contributed by atoms with Gasteiger partial charge in [0.15, 0.2) is 17.2 Å². The van der Waals surface area contributed by atoms with Crippen LogP contribution in [0.25, 0.3) is 33.8 Å². The second-order valence-electron chi connectivity index (χ2n) is 6.64. The summed E-state index contributed by atoms with van der Waals surface area (Å²) in [5, 5.41) is 18.9. The minimum Gasteiger partial charge on any atom is -0.323 e. The number of hydrogen-bond donors (Lipinski definition) is 0. The summed E-state index contributed by atoms with van der Waals surface area (Å²) in [5.74, 6) is 0.659. The predicted molar refractivity (Wildman–Crippen MR) is 111 cm³/mol. The molecule has 6 heteroatoms. The SMILES string of the molecule is CCCCn1c(-c2nc(C#N)c(C#N)nc2-c2ccccc2)nc2ccccc21. The average molecular weight is 378 g/mol. The summed E-state index contributed by atoms with van der Waals surface area (Å²) in [4.78, 5) is 13.9. The monoisotopic (exact) mass is 378 g/mol. The molecule has 4 aromatic rings. The standard InChI is InChI=1S/C23H18N6/c1-2-3-13-29-20-12-8-7-11-17(20)28-23(29)22-21(16-9-5-4-6-10-16)26-18(14-24)19(15-25)27-22/h4-12H,2-3,13H2,1H3. The smallest absolute Gasteiger partial charge is 0.177 e. The van der Waals surface area contributed by atoms with Crippen LogP contribution in [0.5, 0.6) is 0 Å². The van der Waals surface area contributed by atoms with Gasteiger partial charge in [-0.3, -0.25) is 0 Å². The number of aromatic nitrogens is 4. The van der Waals surface area contributed by atoms with Crippen molar-refractivity contribution in [2.45, 2.75) is 26.3 Å². The fraction of sp³-hybridized carbons (Fsp3) is 0.174. The third-order valence-electron chi connectivity index (χ3n) is 4.76. The van der Waals surface area contributed by atoms with E-state index in [0.29, 0.717) is 17.2 Å². The van der Waals surface area contributed by atoms with E-state index in [0.717, 1.165) is 36.0 Å². The summed E-state index contributed by atoms with van der Waals surface area (Å²) in [6.07, 6.45) is 2.03. The number of para-hydroxylation sites is 2. The third-order valence-corrected chi connectivity index (χ3v) is 4.76. The van der Waals surface area contributed by atoms with Crippen LogP contribution < -0.4 is 0 Å². The van der Waals surface area contributed by atoms with Crippen molar-refractivity contribution in [1.82, 2.24) is 19.5 Å². The molecule has 6 nitrogen and oxygen atoms in total. The van der Waals surface area contributed by atoms with E-state index in [-0.39, 0.29) is 11.4 Å². The Bertz CT molecular complexity index is 1260. The predicted octanol–water partition coefficient (Wildman–Crippen LogP) is 4.70. The van der Waals surface area contributed by atoms with E-state index >= 15 is 0 Å². The molecule has 0 aliphatic heterocycles. The van der Waals surface area contributed by atoms with Gasteiger partial charge in [-0.25, -0.2) is 15.0 Å². The molecule has 0 radical (unpaired) electrons. The first-order valence-corrected chi connectivity index (χ1v) is 9.50. The summed E-state index contributed by atoms with van der Waals surface area (Å²) in [7, 11) is 0. The Hall–Kier alpha value is -4.03. The summed E-state index contributed by atoms with van der Waals surface area (Å²) < 4.78 is 2.13. The fourth-order valence-electron chi connectivity index (χ4n) is 3.34. The zero-order valence-electron chi connectivity index (χ0n) is 16.0. The lowest BCUT2D eigenvalue weighted by molar-refractivity contribution is 0.650. The molecule has 0 atom stereocenters. The average Bonchev–Trinajstić information content (AvgIpc) is 3.15. The first kappa shape index (κ1) is 18.3. The van der Waals surface area contributed by atoms with Crippen molar-refractivity contribution in [1.29, 1.82) is 10.5 Å². The summed E-state index contributed by atoms with van der Waals surface area (Å²) >= 11 is 0. The number of unbranched alkanes of at least 4 members (excludes halogenated alkanes) is 1. The van der Waals surface area contributed by atoms with Crippen molar-refractivity contribution in [2.75, 3.05) is 0 Å². The van der Waals surface area contributed by atoms with Crippen molar-refractivity contribution in [3.8, 4) is 34.9 Å². The molecule has 140 valence electrons. The number of fused-ring (bicyclic) bond motifs is 1. The lowest BCUT2D eigenvalue weighted by Gasteiger charge is -2.12. The largest absolute Gasteiger partial charge is 0.323 e. The number of imidazole rings is 1. The Balaban J connectivity index is 2.05. The molecule has 0 unspecified atom stereocenters. The quantitative estimate of drug-likeness (QED) is 0.502. The van der Waals surface area contributed by atoms with E-state index in [4.69, 9.17) is 4.98 Å². The van der Waals surface area contributed by atoms with Gasteiger partial charge in [0.25, 0.3) is 0 Å². The Labute approximate surface area is 168 Å². The number of nitrogens with zero attached hydrogens (tertiary/aromatic N) is 6. The van der Waals surface area contributed by atoms with E-state index < -0.39 is 0 Å². The van der Waals surface area contributed by atoms with Crippen LogP contribution in [-0.2, 0) is 6.54 Å². The fourth-order valence-corrected chi connectivity index (χ4v) is 3.34. The molecule has 0 saturated carbocycles. The van der Waals surface area contributed by atoms with Gasteiger partial charge in [0.1, 0.15) is 23.5 Å². The van der Waals surface area contributed by atoms with Crippen LogP contribution in [0.15, 0.2) is 54.6 Å². The van der Waals surface area contributed by atoms with Crippen molar-refractivity contribution >= 4 is 11.0 Å². The Kier molecular flexibility index (Phi) is 5.01. The summed E-state index contributed by atoms with van der Waals surface area (Å²) in [6, 6.07) is 21.5. The third kappa shape index (κ3) is 3.33. The number of hydrogen-bond acceptors (Lipinski definition) is 5. The van der Waals surface area contributed by atoms with E-state index in [1.807, 2.05) is 66.7 Å². The summed E-state index contributed by atoms with van der Waals surface area (Å²) in [6.45, 7) is 2.92. The summed E-state index contributed by atoms with van der Waals surface area (Å²) in [5.41, 5.74) is 3.79. The van der Waals surface area contributed by atoms with Gasteiger partial charge in [-0.1, -0.05) is 55.8 Å². The highest BCUT2D eigenvalue weighted by molar-refractivity contribution is 5.84. The van der Waals surface area contributed by atoms with E-state index in [1.165, 1.54) is 0 Å². The maximum atomic E-state index is 9.50. The second-order valence-corrected chi connectivity index (χ2v) is 6.64. The van der Waals surface area contributed by atoms with Crippen molar-refractivity contribution in [3.05, 3.63) is 66.0 Å². The molecular weight excluding hydrogens is 360 g/mol. The van der Waals surface area contributed by atoms with Gasteiger partial charge in [-0.15, -0.1) is 0 Å². The van der Waals surface area contributed by atoms with Crippen LogP contribution in [0.1, 0.15) is 31.2 Å². The molecule has 2 aromatic heterocycles. The van der Waals surface area contributed by atoms with Crippen molar-refractivity contribution in [2.24, 2.45) is 0 Å². The molecule has 2 aromatic carbocycles. The van der Waals surface area contributed by atoms with Gasteiger partial charge in [-0.05, 0) is 18.6 Å². The zero-order chi connectivity index (χ0) is 20.2. The molecule has 0 N–H and O–H groups in total. The zero-order valence-corrected chi connectivity index (χ0v) is 16.0. The van der Waals surface area contributed by atoms with Crippen LogP contribution in [0.2, 0.25) is 0 Å². The number of aryl methyl sites for hydroxylation is 1. The van der Waals surface area contributed by atoms with Crippen LogP contribution in [0.3, 0.4) is 0 Å². The molecule has 0 aliphatic rings. The molecule has 29 heavy (non-hydrogen) atoms. The van der Waals surface area contributed by atoms with Gasteiger partial charge in [0.2, 0.25) is 0 Å². The van der Waals surface area contributed by atoms with Crippen LogP contribution in [-0.4, -0.2) is 19.5 Å². The lowest BCUT2D eigenvalue weighted by Crippen LogP contribution is -2.06. The maximum absolute atomic E-state index is 9.50.